The first-order valence-corrected chi connectivity index (χ1v) is 41.3. The van der Waals surface area contributed by atoms with Crippen LogP contribution in [-0.4, -0.2) is 87.5 Å². The maximum atomic E-state index is 13.2. The first-order chi connectivity index (χ1) is 46.8. The zero-order chi connectivity index (χ0) is 68.5. The summed E-state index contributed by atoms with van der Waals surface area (Å²) in [5.74, 6) is -0.184. The number of carbonyl (C=O) groups excluding carboxylic acids is 1. The van der Waals surface area contributed by atoms with Crippen LogP contribution in [0.1, 0.15) is 399 Å². The zero-order valence-corrected chi connectivity index (χ0v) is 62.4. The molecule has 95 heavy (non-hydrogen) atoms. The summed E-state index contributed by atoms with van der Waals surface area (Å²) >= 11 is 0. The lowest BCUT2D eigenvalue weighted by Gasteiger charge is -2.40. The molecule has 1 saturated heterocycles. The maximum Gasteiger partial charge on any atom is 0.220 e. The number of ether oxygens (including phenoxy) is 2. The van der Waals surface area contributed by atoms with Gasteiger partial charge in [-0.1, -0.05) is 394 Å². The molecule has 7 atom stereocenters. The van der Waals surface area contributed by atoms with Gasteiger partial charge in [-0.25, -0.2) is 0 Å². The quantitative estimate of drug-likeness (QED) is 0.0261. The van der Waals surface area contributed by atoms with Crippen molar-refractivity contribution in [2.75, 3.05) is 13.2 Å². The average Bonchev–Trinajstić information content (AvgIpc) is 0.836. The molecular weight excluding hydrogens is 1170 g/mol. The van der Waals surface area contributed by atoms with Crippen LogP contribution < -0.4 is 5.32 Å². The van der Waals surface area contributed by atoms with Gasteiger partial charge in [0.15, 0.2) is 6.29 Å². The summed E-state index contributed by atoms with van der Waals surface area (Å²) in [6, 6.07) is -0.832. The van der Waals surface area contributed by atoms with E-state index in [1.807, 2.05) is 6.08 Å². The second-order valence-corrected chi connectivity index (χ2v) is 28.5. The van der Waals surface area contributed by atoms with Crippen LogP contribution in [0.3, 0.4) is 0 Å². The van der Waals surface area contributed by atoms with Gasteiger partial charge < -0.3 is 40.3 Å². The number of allylic oxidation sites excluding steroid dienone is 13. The standard InChI is InChI=1S/C86H157NO8/c1-3-5-7-9-11-13-15-17-19-21-23-25-27-29-31-33-35-36-37-38-39-40-41-42-43-44-46-48-50-52-54-56-58-60-62-64-66-68-70-72-74-76-82(90)87-79(78-94-86-85(93)84(92)83(91)81(77-88)95-86)80(89)75-73-71-69-67-65-63-61-59-57-55-53-51-49-47-45-34-32-30-28-26-24-22-20-18-16-14-12-10-8-6-4-2/h5,7,11,13,17,19,23,25,57,59,65,67,73,75,79-81,83-86,88-89,91-93H,3-4,6,8-10,12,14-16,18,20-22,24,26-56,58,60-64,66,68-72,74,76-78H2,1-2H3,(H,87,90)/b7-5-,13-11-,19-17-,25-23-,59-57+,67-65+,75-73+. The Kier molecular flexibility index (Phi) is 70.5. The van der Waals surface area contributed by atoms with Crippen LogP contribution in [0, 0.1) is 0 Å². The molecule has 1 fully saturated rings. The van der Waals surface area contributed by atoms with Gasteiger partial charge in [-0.2, -0.15) is 0 Å². The summed E-state index contributed by atoms with van der Waals surface area (Å²) in [7, 11) is 0. The summed E-state index contributed by atoms with van der Waals surface area (Å²) in [5.41, 5.74) is 0. The van der Waals surface area contributed by atoms with Crippen LogP contribution in [0.15, 0.2) is 85.1 Å². The van der Waals surface area contributed by atoms with Crippen molar-refractivity contribution in [3.63, 3.8) is 0 Å². The van der Waals surface area contributed by atoms with E-state index in [0.717, 1.165) is 70.6 Å². The summed E-state index contributed by atoms with van der Waals surface area (Å²) in [4.78, 5) is 13.2. The Morgan fingerprint density at radius 1 is 0.368 bits per heavy atom. The number of hydrogen-bond acceptors (Lipinski definition) is 8. The second-order valence-electron chi connectivity index (χ2n) is 28.5. The average molecular weight is 1330 g/mol. The van der Waals surface area contributed by atoms with E-state index >= 15 is 0 Å². The number of aliphatic hydroxyl groups excluding tert-OH is 5. The minimum absolute atomic E-state index is 0.184. The fourth-order valence-electron chi connectivity index (χ4n) is 13.1. The highest BCUT2D eigenvalue weighted by Gasteiger charge is 2.44. The molecule has 0 aliphatic carbocycles. The molecule has 0 aromatic heterocycles. The number of hydrogen-bond donors (Lipinski definition) is 6. The number of nitrogens with one attached hydrogen (secondary N) is 1. The van der Waals surface area contributed by atoms with Gasteiger partial charge in [0, 0.05) is 6.42 Å². The predicted octanol–water partition coefficient (Wildman–Crippen LogP) is 24.0. The Morgan fingerprint density at radius 2 is 0.663 bits per heavy atom. The van der Waals surface area contributed by atoms with Crippen molar-refractivity contribution in [1.82, 2.24) is 5.32 Å². The van der Waals surface area contributed by atoms with E-state index in [0.29, 0.717) is 6.42 Å². The Balaban J connectivity index is 2.06. The van der Waals surface area contributed by atoms with Crippen molar-refractivity contribution < 1.29 is 39.8 Å². The monoisotopic (exact) mass is 1330 g/mol. The van der Waals surface area contributed by atoms with Crippen molar-refractivity contribution in [2.24, 2.45) is 0 Å². The first kappa shape index (κ1) is 90.4. The lowest BCUT2D eigenvalue weighted by molar-refractivity contribution is -0.302. The lowest BCUT2D eigenvalue weighted by Crippen LogP contribution is -2.60. The van der Waals surface area contributed by atoms with E-state index in [9.17, 15) is 30.3 Å². The Labute approximate surface area is 588 Å². The molecule has 554 valence electrons. The largest absolute Gasteiger partial charge is 0.394 e. The topological polar surface area (TPSA) is 149 Å². The van der Waals surface area contributed by atoms with Crippen LogP contribution in [0.25, 0.3) is 0 Å². The molecule has 6 N–H and O–H groups in total. The Morgan fingerprint density at radius 3 is 1.01 bits per heavy atom. The van der Waals surface area contributed by atoms with Gasteiger partial charge in [-0.05, 0) is 83.5 Å². The molecule has 1 aliphatic heterocycles. The molecule has 9 heteroatoms. The second kappa shape index (κ2) is 74.1. The molecule has 0 aromatic carbocycles. The third kappa shape index (κ3) is 62.1. The van der Waals surface area contributed by atoms with Crippen LogP contribution in [0.5, 0.6) is 0 Å². The number of carbonyl (C=O) groups is 1. The van der Waals surface area contributed by atoms with Gasteiger partial charge in [0.05, 0.1) is 25.4 Å². The Hall–Kier alpha value is -2.63. The van der Waals surface area contributed by atoms with Crippen molar-refractivity contribution in [3.8, 4) is 0 Å². The molecule has 0 saturated carbocycles. The van der Waals surface area contributed by atoms with E-state index in [-0.39, 0.29) is 12.5 Å². The number of rotatable bonds is 73. The van der Waals surface area contributed by atoms with Gasteiger partial charge >= 0.3 is 0 Å². The molecule has 1 heterocycles. The molecule has 0 radical (unpaired) electrons. The molecule has 1 rings (SSSR count). The highest BCUT2D eigenvalue weighted by atomic mass is 16.7. The summed E-state index contributed by atoms with van der Waals surface area (Å²) in [5, 5.41) is 54.9. The van der Waals surface area contributed by atoms with Crippen molar-refractivity contribution in [1.29, 1.82) is 0 Å². The highest BCUT2D eigenvalue weighted by Crippen LogP contribution is 2.24. The first-order valence-electron chi connectivity index (χ1n) is 41.3. The molecule has 0 aromatic rings. The van der Waals surface area contributed by atoms with Crippen LogP contribution in [0.4, 0.5) is 0 Å². The summed E-state index contributed by atoms with van der Waals surface area (Å²) in [6.07, 6.45) is 100. The summed E-state index contributed by atoms with van der Waals surface area (Å²) < 4.78 is 11.3. The third-order valence-electron chi connectivity index (χ3n) is 19.4. The van der Waals surface area contributed by atoms with Crippen LogP contribution in [-0.2, 0) is 14.3 Å². The van der Waals surface area contributed by atoms with E-state index in [4.69, 9.17) is 9.47 Å². The predicted molar refractivity (Wildman–Crippen MR) is 410 cm³/mol. The minimum atomic E-state index is -1.58. The van der Waals surface area contributed by atoms with Gasteiger partial charge in [-0.3, -0.25) is 4.79 Å². The third-order valence-corrected chi connectivity index (χ3v) is 19.4. The smallest absolute Gasteiger partial charge is 0.220 e. The SMILES string of the molecule is CC/C=C\C/C=C\C/C=C\C/C=C\CCCCCCCCCCCCCCCCCCCCCCCCCCCCCCC(=O)NC(COC1OC(CO)C(O)C(O)C1O)C(O)/C=C/CC/C=C/CC/C=C/CCCCCCCCCCCCCCCCCCCCCCC. The van der Waals surface area contributed by atoms with Crippen molar-refractivity contribution in [2.45, 2.75) is 442 Å². The van der Waals surface area contributed by atoms with Crippen molar-refractivity contribution in [3.05, 3.63) is 85.1 Å². The highest BCUT2D eigenvalue weighted by molar-refractivity contribution is 5.76. The van der Waals surface area contributed by atoms with Crippen LogP contribution in [0.2, 0.25) is 0 Å². The van der Waals surface area contributed by atoms with Gasteiger partial charge in [0.25, 0.3) is 0 Å². The number of amides is 1. The normalized spacial score (nSPS) is 17.9. The molecule has 0 spiro atoms. The van der Waals surface area contributed by atoms with Crippen LogP contribution >= 0.6 is 0 Å². The molecular formula is C86H157NO8. The van der Waals surface area contributed by atoms with E-state index in [1.165, 1.54) is 308 Å². The van der Waals surface area contributed by atoms with Crippen molar-refractivity contribution >= 4 is 5.91 Å². The van der Waals surface area contributed by atoms with E-state index in [2.05, 4.69) is 92.1 Å². The number of unbranched alkanes of at least 4 members (excludes halogenated alkanes) is 51. The molecule has 0 bridgehead atoms. The minimum Gasteiger partial charge on any atom is -0.394 e. The van der Waals surface area contributed by atoms with E-state index < -0.39 is 49.5 Å². The number of aliphatic hydroxyl groups is 5. The zero-order valence-electron chi connectivity index (χ0n) is 62.4. The summed E-state index contributed by atoms with van der Waals surface area (Å²) in [6.45, 7) is 3.70. The van der Waals surface area contributed by atoms with E-state index in [1.54, 1.807) is 6.08 Å². The maximum absolute atomic E-state index is 13.2. The lowest BCUT2D eigenvalue weighted by atomic mass is 9.99. The Bertz CT molecular complexity index is 1790. The molecule has 1 amide bonds. The fraction of sp³-hybridized carbons (Fsp3) is 0.826. The molecule has 7 unspecified atom stereocenters. The fourth-order valence-corrected chi connectivity index (χ4v) is 13.1. The van der Waals surface area contributed by atoms with Gasteiger partial charge in [0.1, 0.15) is 24.4 Å². The van der Waals surface area contributed by atoms with Gasteiger partial charge in [0.2, 0.25) is 5.91 Å². The molecule has 1 aliphatic rings. The molecule has 9 nitrogen and oxygen atoms in total. The van der Waals surface area contributed by atoms with Gasteiger partial charge in [-0.15, -0.1) is 0 Å².